The molecule has 8 nitrogen and oxygen atoms in total. The summed E-state index contributed by atoms with van der Waals surface area (Å²) >= 11 is 0. The first-order chi connectivity index (χ1) is 19.3. The smallest absolute Gasteiger partial charge is 0.162 e. The van der Waals surface area contributed by atoms with Crippen LogP contribution in [0.1, 0.15) is 11.1 Å². The van der Waals surface area contributed by atoms with Gasteiger partial charge in [-0.15, -0.1) is 0 Å². The van der Waals surface area contributed by atoms with Gasteiger partial charge in [-0.05, 0) is 54.6 Å². The van der Waals surface area contributed by atoms with E-state index in [2.05, 4.69) is 21.8 Å². The highest BCUT2D eigenvalue weighted by molar-refractivity contribution is 5.65. The molecule has 0 saturated carbocycles. The minimum atomic E-state index is 0.384. The van der Waals surface area contributed by atoms with Crippen LogP contribution in [0.25, 0.3) is 22.8 Å². The Balaban J connectivity index is 1.41. The minimum Gasteiger partial charge on any atom is -0.487 e. The number of benzene rings is 1. The molecule has 0 spiro atoms. The lowest BCUT2D eigenvalue weighted by Gasteiger charge is -2.13. The maximum atomic E-state index is 5.98. The van der Waals surface area contributed by atoms with Crippen LogP contribution in [0.5, 0.6) is 11.5 Å². The summed E-state index contributed by atoms with van der Waals surface area (Å²) in [6.07, 6.45) is 3.50. The van der Waals surface area contributed by atoms with E-state index in [4.69, 9.17) is 28.7 Å². The van der Waals surface area contributed by atoms with Gasteiger partial charge in [0.2, 0.25) is 0 Å². The van der Waals surface area contributed by atoms with Gasteiger partial charge in [0.05, 0.1) is 62.4 Å². The minimum absolute atomic E-state index is 0.384. The zero-order chi connectivity index (χ0) is 26.5. The molecule has 0 N–H and O–H groups in total. The summed E-state index contributed by atoms with van der Waals surface area (Å²) in [6.45, 7) is 3.76. The summed E-state index contributed by atoms with van der Waals surface area (Å²) in [4.78, 5) is 13.7. The summed E-state index contributed by atoms with van der Waals surface area (Å²) < 4.78 is 28.5. The van der Waals surface area contributed by atoms with Crippen molar-refractivity contribution in [2.24, 2.45) is 0 Å². The quantitative estimate of drug-likeness (QED) is 0.357. The average molecular weight is 524 g/mol. The molecule has 3 aromatic heterocycles. The van der Waals surface area contributed by atoms with Crippen LogP contribution >= 0.6 is 0 Å². The first-order valence-corrected chi connectivity index (χ1v) is 12.8. The molecule has 4 aromatic rings. The van der Waals surface area contributed by atoms with Gasteiger partial charge in [0.1, 0.15) is 13.2 Å². The molecule has 8 heteroatoms. The molecule has 0 amide bonds. The highest BCUT2D eigenvalue weighted by Gasteiger charge is 2.10. The number of hydrogen-bond donors (Lipinski definition) is 0. The zero-order valence-corrected chi connectivity index (χ0v) is 21.5. The number of pyridine rings is 3. The molecule has 1 aliphatic heterocycles. The molecule has 39 heavy (non-hydrogen) atoms. The standard InChI is InChI=1S/C31H29N3O5/c1-3-11-32-26(5-1)28-21-25(22-29(34-28)27-6-2-4-12-33-27)8-7-24-9-10-30-31(23-24)39-20-18-37-16-14-35-13-15-36-17-19-38-30/h1-6,9-12,21-23H,13-20H2. The number of hydrogen-bond acceptors (Lipinski definition) is 8. The second-order valence-corrected chi connectivity index (χ2v) is 8.50. The van der Waals surface area contributed by atoms with E-state index in [1.54, 1.807) is 12.4 Å². The Labute approximate surface area is 227 Å². The van der Waals surface area contributed by atoms with Crippen molar-refractivity contribution in [2.75, 3.05) is 52.9 Å². The van der Waals surface area contributed by atoms with Crippen LogP contribution in [0, 0.1) is 11.8 Å². The van der Waals surface area contributed by atoms with Crippen molar-refractivity contribution in [1.29, 1.82) is 0 Å². The van der Waals surface area contributed by atoms with Crippen molar-refractivity contribution in [2.45, 2.75) is 0 Å². The fourth-order valence-corrected chi connectivity index (χ4v) is 3.82. The molecule has 0 atom stereocenters. The molecule has 4 heterocycles. The van der Waals surface area contributed by atoms with E-state index in [0.717, 1.165) is 33.9 Å². The van der Waals surface area contributed by atoms with Gasteiger partial charge in [0.15, 0.2) is 11.5 Å². The van der Waals surface area contributed by atoms with Crippen LogP contribution in [0.3, 0.4) is 0 Å². The summed E-state index contributed by atoms with van der Waals surface area (Å²) in [6, 6.07) is 21.0. The van der Waals surface area contributed by atoms with E-state index in [1.807, 2.05) is 66.7 Å². The van der Waals surface area contributed by atoms with Crippen molar-refractivity contribution >= 4 is 0 Å². The van der Waals surface area contributed by atoms with Gasteiger partial charge in [0, 0.05) is 23.5 Å². The SMILES string of the molecule is C(#Cc1ccc2c(c1)OCCOCCOCCOCCO2)c1cc(-c2ccccn2)nc(-c2ccccn2)c1. The molecule has 0 unspecified atom stereocenters. The number of fused-ring (bicyclic) bond motifs is 1. The van der Waals surface area contributed by atoms with Crippen molar-refractivity contribution in [1.82, 2.24) is 15.0 Å². The Morgan fingerprint density at radius 2 is 1.03 bits per heavy atom. The summed E-state index contributed by atoms with van der Waals surface area (Å²) in [5, 5.41) is 0. The number of rotatable bonds is 2. The van der Waals surface area contributed by atoms with Crippen molar-refractivity contribution in [3.8, 4) is 46.1 Å². The average Bonchev–Trinajstić information content (AvgIpc) is 3.00. The van der Waals surface area contributed by atoms with Crippen molar-refractivity contribution in [3.63, 3.8) is 0 Å². The van der Waals surface area contributed by atoms with Crippen molar-refractivity contribution in [3.05, 3.63) is 90.3 Å². The van der Waals surface area contributed by atoms with Crippen LogP contribution in [-0.2, 0) is 14.2 Å². The Hall–Kier alpha value is -4.29. The van der Waals surface area contributed by atoms with E-state index in [1.165, 1.54) is 0 Å². The highest BCUT2D eigenvalue weighted by atomic mass is 16.6. The predicted molar refractivity (Wildman–Crippen MR) is 147 cm³/mol. The van der Waals surface area contributed by atoms with Gasteiger partial charge in [-0.1, -0.05) is 24.0 Å². The third-order valence-electron chi connectivity index (χ3n) is 5.69. The molecule has 0 saturated heterocycles. The van der Waals surface area contributed by atoms with E-state index in [9.17, 15) is 0 Å². The second-order valence-electron chi connectivity index (χ2n) is 8.50. The molecule has 5 rings (SSSR count). The Kier molecular flexibility index (Phi) is 9.47. The number of ether oxygens (including phenoxy) is 5. The fourth-order valence-electron chi connectivity index (χ4n) is 3.82. The van der Waals surface area contributed by atoms with Crippen LogP contribution in [0.2, 0.25) is 0 Å². The monoisotopic (exact) mass is 523 g/mol. The molecule has 0 bridgehead atoms. The van der Waals surface area contributed by atoms with Crippen LogP contribution < -0.4 is 9.47 Å². The summed E-state index contributed by atoms with van der Waals surface area (Å²) in [5.74, 6) is 7.77. The van der Waals surface area contributed by atoms with Crippen LogP contribution in [0.15, 0.2) is 79.1 Å². The summed E-state index contributed by atoms with van der Waals surface area (Å²) in [5.41, 5.74) is 4.58. The van der Waals surface area contributed by atoms with Gasteiger partial charge in [-0.2, -0.15) is 0 Å². The third kappa shape index (κ3) is 7.85. The normalized spacial score (nSPS) is 14.8. The zero-order valence-electron chi connectivity index (χ0n) is 21.5. The van der Waals surface area contributed by atoms with E-state index in [0.29, 0.717) is 64.4 Å². The van der Waals surface area contributed by atoms with Gasteiger partial charge >= 0.3 is 0 Å². The van der Waals surface area contributed by atoms with E-state index in [-0.39, 0.29) is 0 Å². The summed E-state index contributed by atoms with van der Waals surface area (Å²) in [7, 11) is 0. The van der Waals surface area contributed by atoms with Gasteiger partial charge in [-0.25, -0.2) is 4.98 Å². The number of nitrogens with zero attached hydrogens (tertiary/aromatic N) is 3. The van der Waals surface area contributed by atoms with Crippen LogP contribution in [0.4, 0.5) is 0 Å². The third-order valence-corrected chi connectivity index (χ3v) is 5.69. The molecule has 0 fully saturated rings. The van der Waals surface area contributed by atoms with Gasteiger partial charge in [0.25, 0.3) is 0 Å². The largest absolute Gasteiger partial charge is 0.487 e. The maximum absolute atomic E-state index is 5.98. The van der Waals surface area contributed by atoms with Crippen LogP contribution in [-0.4, -0.2) is 67.8 Å². The van der Waals surface area contributed by atoms with E-state index < -0.39 is 0 Å². The molecular formula is C31H29N3O5. The highest BCUT2D eigenvalue weighted by Crippen LogP contribution is 2.28. The molecule has 0 aliphatic carbocycles. The molecule has 1 aromatic carbocycles. The number of aromatic nitrogens is 3. The molecular weight excluding hydrogens is 494 g/mol. The predicted octanol–water partition coefficient (Wildman–Crippen LogP) is 4.43. The molecule has 1 aliphatic rings. The fraction of sp³-hybridized carbons (Fsp3) is 0.258. The van der Waals surface area contributed by atoms with Gasteiger partial charge in [-0.3, -0.25) is 9.97 Å². The maximum Gasteiger partial charge on any atom is 0.162 e. The van der Waals surface area contributed by atoms with E-state index >= 15 is 0 Å². The second kappa shape index (κ2) is 14.0. The first kappa shape index (κ1) is 26.3. The topological polar surface area (TPSA) is 84.8 Å². The van der Waals surface area contributed by atoms with Crippen molar-refractivity contribution < 1.29 is 23.7 Å². The Morgan fingerprint density at radius 1 is 0.487 bits per heavy atom. The lowest BCUT2D eigenvalue weighted by Crippen LogP contribution is -2.13. The molecule has 0 radical (unpaired) electrons. The first-order valence-electron chi connectivity index (χ1n) is 12.8. The Bertz CT molecular complexity index is 1350. The van der Waals surface area contributed by atoms with Gasteiger partial charge < -0.3 is 23.7 Å². The lowest BCUT2D eigenvalue weighted by molar-refractivity contribution is 0.00708. The molecule has 198 valence electrons. The Morgan fingerprint density at radius 3 is 1.59 bits per heavy atom. The lowest BCUT2D eigenvalue weighted by atomic mass is 10.1.